The van der Waals surface area contributed by atoms with Crippen LogP contribution in [0, 0.1) is 5.92 Å². The van der Waals surface area contributed by atoms with Crippen molar-refractivity contribution in [1.82, 2.24) is 9.80 Å². The van der Waals surface area contributed by atoms with E-state index in [2.05, 4.69) is 67.6 Å². The first-order valence-corrected chi connectivity index (χ1v) is 11.9. The maximum Gasteiger partial charge on any atom is 0.494 e. The lowest BCUT2D eigenvalue weighted by molar-refractivity contribution is 0.00578. The summed E-state index contributed by atoms with van der Waals surface area (Å²) in [6, 6.07) is 6.41. The number of methoxy groups -OCH3 is 1. The first-order valence-electron chi connectivity index (χ1n) is 11.9. The van der Waals surface area contributed by atoms with Gasteiger partial charge in [-0.1, -0.05) is 6.07 Å². The molecular weight excluding hydrogens is 389 g/mol. The van der Waals surface area contributed by atoms with Crippen LogP contribution in [0.2, 0.25) is 0 Å². The Bertz CT molecular complexity index is 740. The summed E-state index contributed by atoms with van der Waals surface area (Å²) in [5, 5.41) is 0. The topological polar surface area (TPSA) is 37.4 Å². The minimum absolute atomic E-state index is 0.338. The third-order valence-electron chi connectivity index (χ3n) is 7.80. The zero-order valence-corrected chi connectivity index (χ0v) is 20.3. The number of anilines is 1. The van der Waals surface area contributed by atoms with Crippen molar-refractivity contribution in [3.8, 4) is 5.75 Å². The SMILES string of the molecule is COc1cc(B2OC(C)(C)C(C)(C)O2)ccc1N1CCC(CN2CCN(C)CC2)CC1. The molecule has 0 bridgehead atoms. The second kappa shape index (κ2) is 8.93. The lowest BCUT2D eigenvalue weighted by atomic mass is 9.79. The Hall–Kier alpha value is -1.28. The first-order chi connectivity index (χ1) is 14.7. The molecule has 0 radical (unpaired) electrons. The molecule has 0 spiro atoms. The Labute approximate surface area is 188 Å². The van der Waals surface area contributed by atoms with Crippen molar-refractivity contribution in [2.75, 3.05) is 64.9 Å². The van der Waals surface area contributed by atoms with Gasteiger partial charge in [0, 0.05) is 45.8 Å². The van der Waals surface area contributed by atoms with Gasteiger partial charge in [-0.25, -0.2) is 0 Å². The third kappa shape index (κ3) is 4.90. The van der Waals surface area contributed by atoms with Crippen LogP contribution < -0.4 is 15.1 Å². The zero-order chi connectivity index (χ0) is 22.2. The summed E-state index contributed by atoms with van der Waals surface area (Å²) in [6.45, 7) is 16.6. The Morgan fingerprint density at radius 2 is 1.58 bits per heavy atom. The van der Waals surface area contributed by atoms with Crippen molar-refractivity contribution >= 4 is 18.3 Å². The van der Waals surface area contributed by atoms with Gasteiger partial charge in [-0.3, -0.25) is 0 Å². The van der Waals surface area contributed by atoms with Gasteiger partial charge in [-0.05, 0) is 71.1 Å². The molecule has 3 heterocycles. The molecule has 0 aromatic heterocycles. The predicted octanol–water partition coefficient (Wildman–Crippen LogP) is 2.46. The second-order valence-electron chi connectivity index (χ2n) is 10.6. The summed E-state index contributed by atoms with van der Waals surface area (Å²) in [7, 11) is 3.62. The van der Waals surface area contributed by atoms with Crippen LogP contribution in [0.25, 0.3) is 0 Å². The first kappa shape index (κ1) is 22.9. The number of ether oxygens (including phenoxy) is 1. The van der Waals surface area contributed by atoms with Gasteiger partial charge in [0.25, 0.3) is 0 Å². The Morgan fingerprint density at radius 3 is 2.16 bits per heavy atom. The number of nitrogens with zero attached hydrogens (tertiary/aromatic N) is 3. The summed E-state index contributed by atoms with van der Waals surface area (Å²) < 4.78 is 18.3. The fraction of sp³-hybridized carbons (Fsp3) is 0.750. The molecule has 1 aromatic carbocycles. The number of likely N-dealkylation sites (N-methyl/N-ethyl adjacent to an activating group) is 1. The Morgan fingerprint density at radius 1 is 0.968 bits per heavy atom. The van der Waals surface area contributed by atoms with Crippen LogP contribution in [0.1, 0.15) is 40.5 Å². The van der Waals surface area contributed by atoms with E-state index in [1.54, 1.807) is 7.11 Å². The number of hydrogen-bond donors (Lipinski definition) is 0. The fourth-order valence-electron chi connectivity index (χ4n) is 4.83. The van der Waals surface area contributed by atoms with Crippen molar-refractivity contribution in [2.24, 2.45) is 5.92 Å². The highest BCUT2D eigenvalue weighted by Crippen LogP contribution is 2.37. The molecule has 0 unspecified atom stereocenters. The van der Waals surface area contributed by atoms with Crippen molar-refractivity contribution < 1.29 is 14.0 Å². The highest BCUT2D eigenvalue weighted by molar-refractivity contribution is 6.62. The van der Waals surface area contributed by atoms with Crippen LogP contribution in [-0.4, -0.2) is 88.1 Å². The molecule has 3 aliphatic heterocycles. The highest BCUT2D eigenvalue weighted by atomic mass is 16.7. The highest BCUT2D eigenvalue weighted by Gasteiger charge is 2.51. The van der Waals surface area contributed by atoms with E-state index in [-0.39, 0.29) is 18.3 Å². The van der Waals surface area contributed by atoms with Crippen LogP contribution in [0.15, 0.2) is 18.2 Å². The molecule has 7 heteroatoms. The molecule has 6 nitrogen and oxygen atoms in total. The van der Waals surface area contributed by atoms with E-state index < -0.39 is 0 Å². The quantitative estimate of drug-likeness (QED) is 0.670. The summed E-state index contributed by atoms with van der Waals surface area (Å²) in [4.78, 5) is 7.56. The van der Waals surface area contributed by atoms with Crippen LogP contribution in [0.4, 0.5) is 5.69 Å². The average Bonchev–Trinajstić information content (AvgIpc) is 2.97. The van der Waals surface area contributed by atoms with Crippen molar-refractivity contribution in [3.05, 3.63) is 18.2 Å². The lowest BCUT2D eigenvalue weighted by Gasteiger charge is -2.39. The van der Waals surface area contributed by atoms with E-state index in [9.17, 15) is 0 Å². The maximum absolute atomic E-state index is 6.23. The van der Waals surface area contributed by atoms with E-state index in [0.717, 1.165) is 30.2 Å². The summed E-state index contributed by atoms with van der Waals surface area (Å²) in [6.07, 6.45) is 2.49. The summed E-state index contributed by atoms with van der Waals surface area (Å²) in [5.74, 6) is 1.71. The number of benzene rings is 1. The number of hydrogen-bond acceptors (Lipinski definition) is 6. The molecule has 0 aliphatic carbocycles. The van der Waals surface area contributed by atoms with E-state index in [1.807, 2.05) is 0 Å². The smallest absolute Gasteiger partial charge is 0.494 e. The van der Waals surface area contributed by atoms with Crippen molar-refractivity contribution in [3.63, 3.8) is 0 Å². The number of piperidine rings is 1. The number of rotatable bonds is 5. The molecule has 3 saturated heterocycles. The second-order valence-corrected chi connectivity index (χ2v) is 10.6. The molecule has 0 N–H and O–H groups in total. The van der Waals surface area contributed by atoms with Gasteiger partial charge in [0.1, 0.15) is 5.75 Å². The largest absolute Gasteiger partial charge is 0.495 e. The summed E-state index contributed by atoms with van der Waals surface area (Å²) >= 11 is 0. The van der Waals surface area contributed by atoms with Crippen LogP contribution in [-0.2, 0) is 9.31 Å². The van der Waals surface area contributed by atoms with Crippen LogP contribution in [0.5, 0.6) is 5.75 Å². The zero-order valence-electron chi connectivity index (χ0n) is 20.3. The van der Waals surface area contributed by atoms with E-state index in [0.29, 0.717) is 0 Å². The van der Waals surface area contributed by atoms with Gasteiger partial charge < -0.3 is 28.7 Å². The van der Waals surface area contributed by atoms with Crippen LogP contribution in [0.3, 0.4) is 0 Å². The normalized spacial score (nSPS) is 25.2. The maximum atomic E-state index is 6.23. The molecular formula is C24H40BN3O3. The van der Waals surface area contributed by atoms with Gasteiger partial charge in [0.2, 0.25) is 0 Å². The molecule has 172 valence electrons. The van der Waals surface area contributed by atoms with Crippen molar-refractivity contribution in [2.45, 2.75) is 51.7 Å². The minimum Gasteiger partial charge on any atom is -0.495 e. The Balaban J connectivity index is 1.37. The predicted molar refractivity (Wildman–Crippen MR) is 128 cm³/mol. The van der Waals surface area contributed by atoms with Gasteiger partial charge in [-0.15, -0.1) is 0 Å². The molecule has 0 amide bonds. The standard InChI is InChI=1S/C24H40BN3O3/c1-23(2)24(3,4)31-25(30-23)20-7-8-21(22(17-20)29-6)28-11-9-19(10-12-28)18-27-15-13-26(5)14-16-27/h7-8,17,19H,9-16,18H2,1-6H3. The average molecular weight is 429 g/mol. The lowest BCUT2D eigenvalue weighted by Crippen LogP contribution is -2.47. The fourth-order valence-corrected chi connectivity index (χ4v) is 4.83. The molecule has 3 fully saturated rings. The minimum atomic E-state index is -0.359. The summed E-state index contributed by atoms with van der Waals surface area (Å²) in [5.41, 5.74) is 1.52. The van der Waals surface area contributed by atoms with Crippen LogP contribution >= 0.6 is 0 Å². The van der Waals surface area contributed by atoms with Crippen molar-refractivity contribution in [1.29, 1.82) is 0 Å². The van der Waals surface area contributed by atoms with E-state index >= 15 is 0 Å². The van der Waals surface area contributed by atoms with E-state index in [4.69, 9.17) is 14.0 Å². The number of piperazine rings is 1. The third-order valence-corrected chi connectivity index (χ3v) is 7.80. The van der Waals surface area contributed by atoms with E-state index in [1.165, 1.54) is 51.3 Å². The Kier molecular flexibility index (Phi) is 6.60. The van der Waals surface area contributed by atoms with Gasteiger partial charge in [0.15, 0.2) is 0 Å². The molecule has 3 aliphatic rings. The van der Waals surface area contributed by atoms with Gasteiger partial charge in [-0.2, -0.15) is 0 Å². The molecule has 1 aromatic rings. The molecule has 0 atom stereocenters. The molecule has 31 heavy (non-hydrogen) atoms. The van der Waals surface area contributed by atoms with Gasteiger partial charge >= 0.3 is 7.12 Å². The molecule has 4 rings (SSSR count). The molecule has 0 saturated carbocycles. The monoisotopic (exact) mass is 429 g/mol. The van der Waals surface area contributed by atoms with Gasteiger partial charge in [0.05, 0.1) is 24.0 Å².